The van der Waals surface area contributed by atoms with Crippen LogP contribution in [0.2, 0.25) is 5.02 Å². The average Bonchev–Trinajstić information content (AvgIpc) is 2.67. The van der Waals surface area contributed by atoms with Gasteiger partial charge in [0.15, 0.2) is 5.16 Å². The molecular formula is C20H17ClFN3O2S. The number of halogens is 2. The summed E-state index contributed by atoms with van der Waals surface area (Å²) in [5, 5.41) is 3.01. The van der Waals surface area contributed by atoms with E-state index < -0.39 is 11.7 Å². The van der Waals surface area contributed by atoms with Gasteiger partial charge in [-0.05, 0) is 30.7 Å². The lowest BCUT2D eigenvalue weighted by Gasteiger charge is -2.09. The van der Waals surface area contributed by atoms with Gasteiger partial charge >= 0.3 is 0 Å². The van der Waals surface area contributed by atoms with E-state index in [0.29, 0.717) is 22.3 Å². The molecule has 3 aromatic rings. The summed E-state index contributed by atoms with van der Waals surface area (Å²) in [6, 6.07) is 13.7. The Balaban J connectivity index is 1.67. The third kappa shape index (κ3) is 5.21. The lowest BCUT2D eigenvalue weighted by molar-refractivity contribution is -0.115. The number of rotatable bonds is 6. The summed E-state index contributed by atoms with van der Waals surface area (Å²) in [5.41, 5.74) is 1.90. The normalized spacial score (nSPS) is 10.7. The van der Waals surface area contributed by atoms with Crippen LogP contribution in [0, 0.1) is 12.7 Å². The van der Waals surface area contributed by atoms with Crippen LogP contribution >= 0.6 is 23.4 Å². The van der Waals surface area contributed by atoms with E-state index >= 15 is 0 Å². The standard InChI is InChI=1S/C20H17ClFN3O2S/c1-12-15(10-18(26)24-14-7-8-17(22)16(21)9-14)19(27)25-20(23-12)28-11-13-5-3-2-4-6-13/h2-9H,10-11H2,1H3,(H,24,26)(H,23,25,27). The van der Waals surface area contributed by atoms with Crippen LogP contribution in [0.1, 0.15) is 16.8 Å². The number of carbonyl (C=O) groups is 1. The summed E-state index contributed by atoms with van der Waals surface area (Å²) in [4.78, 5) is 31.8. The molecule has 1 amide bonds. The molecule has 0 aliphatic heterocycles. The van der Waals surface area contributed by atoms with Crippen LogP contribution in [0.3, 0.4) is 0 Å². The molecule has 3 rings (SSSR count). The molecular weight excluding hydrogens is 401 g/mol. The lowest BCUT2D eigenvalue weighted by atomic mass is 10.1. The van der Waals surface area contributed by atoms with Crippen LogP contribution in [-0.2, 0) is 17.0 Å². The smallest absolute Gasteiger partial charge is 0.255 e. The van der Waals surface area contributed by atoms with Crippen molar-refractivity contribution in [3.05, 3.63) is 86.5 Å². The summed E-state index contributed by atoms with van der Waals surface area (Å²) in [7, 11) is 0. The Morgan fingerprint density at radius 3 is 2.68 bits per heavy atom. The minimum absolute atomic E-state index is 0.0895. The summed E-state index contributed by atoms with van der Waals surface area (Å²) < 4.78 is 13.2. The van der Waals surface area contributed by atoms with E-state index in [1.165, 1.54) is 23.9 Å². The summed E-state index contributed by atoms with van der Waals surface area (Å²) in [5.74, 6) is -0.309. The van der Waals surface area contributed by atoms with Gasteiger partial charge in [-0.25, -0.2) is 9.37 Å². The number of carbonyl (C=O) groups excluding carboxylic acids is 1. The van der Waals surface area contributed by atoms with E-state index in [2.05, 4.69) is 15.3 Å². The number of hydrogen-bond acceptors (Lipinski definition) is 4. The number of thioether (sulfide) groups is 1. The van der Waals surface area contributed by atoms with Gasteiger partial charge in [0.2, 0.25) is 5.91 Å². The Labute approximate surface area is 170 Å². The zero-order valence-electron chi connectivity index (χ0n) is 15.0. The number of benzene rings is 2. The number of hydrogen-bond donors (Lipinski definition) is 2. The van der Waals surface area contributed by atoms with Crippen LogP contribution in [-0.4, -0.2) is 15.9 Å². The minimum Gasteiger partial charge on any atom is -0.326 e. The van der Waals surface area contributed by atoms with Gasteiger partial charge in [-0.3, -0.25) is 9.59 Å². The molecule has 0 fully saturated rings. The highest BCUT2D eigenvalue weighted by atomic mass is 35.5. The Morgan fingerprint density at radius 2 is 2.00 bits per heavy atom. The predicted octanol–water partition coefficient (Wildman–Crippen LogP) is 4.34. The maximum absolute atomic E-state index is 13.2. The molecule has 2 N–H and O–H groups in total. The first-order chi connectivity index (χ1) is 13.4. The average molecular weight is 418 g/mol. The highest BCUT2D eigenvalue weighted by Crippen LogP contribution is 2.20. The van der Waals surface area contributed by atoms with Crippen molar-refractivity contribution in [2.24, 2.45) is 0 Å². The number of anilines is 1. The molecule has 0 radical (unpaired) electrons. The van der Waals surface area contributed by atoms with Crippen molar-refractivity contribution in [1.82, 2.24) is 9.97 Å². The Kier molecular flexibility index (Phi) is 6.49. The van der Waals surface area contributed by atoms with Crippen LogP contribution in [0.4, 0.5) is 10.1 Å². The lowest BCUT2D eigenvalue weighted by Crippen LogP contribution is -2.23. The Bertz CT molecular complexity index is 1060. The molecule has 144 valence electrons. The first-order valence-electron chi connectivity index (χ1n) is 8.44. The van der Waals surface area contributed by atoms with Crippen LogP contribution in [0.25, 0.3) is 0 Å². The van der Waals surface area contributed by atoms with Crippen molar-refractivity contribution in [2.45, 2.75) is 24.3 Å². The molecule has 8 heteroatoms. The van der Waals surface area contributed by atoms with E-state index in [-0.39, 0.29) is 22.6 Å². The van der Waals surface area contributed by atoms with Crippen molar-refractivity contribution < 1.29 is 9.18 Å². The van der Waals surface area contributed by atoms with Gasteiger partial charge in [0, 0.05) is 22.7 Å². The number of H-pyrrole nitrogens is 1. The summed E-state index contributed by atoms with van der Waals surface area (Å²) in [6.45, 7) is 1.69. The third-order valence-electron chi connectivity index (χ3n) is 3.96. The number of aryl methyl sites for hydroxylation is 1. The molecule has 0 unspecified atom stereocenters. The van der Waals surface area contributed by atoms with Gasteiger partial charge < -0.3 is 10.3 Å². The number of aromatic amines is 1. The van der Waals surface area contributed by atoms with Crippen LogP contribution < -0.4 is 10.9 Å². The molecule has 1 aromatic heterocycles. The molecule has 1 heterocycles. The van der Waals surface area contributed by atoms with Gasteiger partial charge in [-0.15, -0.1) is 0 Å². The molecule has 0 saturated carbocycles. The van der Waals surface area contributed by atoms with Gasteiger partial charge in [-0.1, -0.05) is 53.7 Å². The molecule has 0 spiro atoms. The fourth-order valence-corrected chi connectivity index (χ4v) is 3.57. The largest absolute Gasteiger partial charge is 0.326 e. The number of aromatic nitrogens is 2. The molecule has 0 atom stereocenters. The quantitative estimate of drug-likeness (QED) is 0.462. The summed E-state index contributed by atoms with van der Waals surface area (Å²) >= 11 is 7.12. The minimum atomic E-state index is -0.570. The highest BCUT2D eigenvalue weighted by molar-refractivity contribution is 7.98. The second-order valence-corrected chi connectivity index (χ2v) is 7.43. The van der Waals surface area contributed by atoms with Crippen molar-refractivity contribution in [1.29, 1.82) is 0 Å². The van der Waals surface area contributed by atoms with Gasteiger partial charge in [0.25, 0.3) is 5.56 Å². The molecule has 2 aromatic carbocycles. The second-order valence-electron chi connectivity index (χ2n) is 6.06. The van der Waals surface area contributed by atoms with E-state index in [1.807, 2.05) is 30.3 Å². The molecule has 0 bridgehead atoms. The second kappa shape index (κ2) is 9.03. The van der Waals surface area contributed by atoms with Crippen molar-refractivity contribution in [2.75, 3.05) is 5.32 Å². The van der Waals surface area contributed by atoms with Crippen molar-refractivity contribution in [3.63, 3.8) is 0 Å². The first-order valence-corrected chi connectivity index (χ1v) is 9.80. The highest BCUT2D eigenvalue weighted by Gasteiger charge is 2.14. The molecule has 28 heavy (non-hydrogen) atoms. The number of nitrogens with one attached hydrogen (secondary N) is 2. The van der Waals surface area contributed by atoms with Crippen LogP contribution in [0.15, 0.2) is 58.5 Å². The predicted molar refractivity (Wildman–Crippen MR) is 109 cm³/mol. The number of amides is 1. The van der Waals surface area contributed by atoms with Crippen LogP contribution in [0.5, 0.6) is 0 Å². The van der Waals surface area contributed by atoms with Gasteiger partial charge in [0.05, 0.1) is 11.4 Å². The van der Waals surface area contributed by atoms with Crippen molar-refractivity contribution in [3.8, 4) is 0 Å². The molecule has 0 aliphatic rings. The maximum Gasteiger partial charge on any atom is 0.255 e. The van der Waals surface area contributed by atoms with Gasteiger partial charge in [-0.2, -0.15) is 0 Å². The number of nitrogens with zero attached hydrogens (tertiary/aromatic N) is 1. The Hall–Kier alpha value is -2.64. The zero-order valence-corrected chi connectivity index (χ0v) is 16.5. The zero-order chi connectivity index (χ0) is 20.1. The monoisotopic (exact) mass is 417 g/mol. The van der Waals surface area contributed by atoms with Crippen molar-refractivity contribution >= 4 is 35.0 Å². The topological polar surface area (TPSA) is 74.8 Å². The fraction of sp³-hybridized carbons (Fsp3) is 0.150. The van der Waals surface area contributed by atoms with E-state index in [4.69, 9.17) is 11.6 Å². The Morgan fingerprint density at radius 1 is 1.25 bits per heavy atom. The van der Waals surface area contributed by atoms with E-state index in [1.54, 1.807) is 6.92 Å². The van der Waals surface area contributed by atoms with Gasteiger partial charge in [0.1, 0.15) is 5.82 Å². The van der Waals surface area contributed by atoms with E-state index in [9.17, 15) is 14.0 Å². The molecule has 0 saturated heterocycles. The third-order valence-corrected chi connectivity index (χ3v) is 5.19. The summed E-state index contributed by atoms with van der Waals surface area (Å²) in [6.07, 6.45) is -0.146. The molecule has 0 aliphatic carbocycles. The first kappa shape index (κ1) is 20.1. The fourth-order valence-electron chi connectivity index (χ4n) is 2.53. The SMILES string of the molecule is Cc1nc(SCc2ccccc2)[nH]c(=O)c1CC(=O)Nc1ccc(F)c(Cl)c1. The molecule has 5 nitrogen and oxygen atoms in total. The maximum atomic E-state index is 13.2. The van der Waals surface area contributed by atoms with E-state index in [0.717, 1.165) is 11.6 Å².